The standard InChI is InChI=1S/C16H22ClNO/c1-11-10-14(17)6-7-15(11)19-9-8-18-16(12-2-3-12)13-4-5-13/h6-7,10,12-13,16,18H,2-5,8-9H2,1H3. The zero-order chi connectivity index (χ0) is 13.2. The summed E-state index contributed by atoms with van der Waals surface area (Å²) >= 11 is 5.94. The van der Waals surface area contributed by atoms with Crippen LogP contribution in [0.15, 0.2) is 18.2 Å². The van der Waals surface area contributed by atoms with E-state index in [1.165, 1.54) is 25.7 Å². The Morgan fingerprint density at radius 2 is 1.95 bits per heavy atom. The van der Waals surface area contributed by atoms with Crippen LogP contribution in [0.4, 0.5) is 0 Å². The second-order valence-electron chi connectivity index (χ2n) is 5.91. The molecule has 0 atom stereocenters. The highest BCUT2D eigenvalue weighted by Crippen LogP contribution is 2.44. The van der Waals surface area contributed by atoms with Crippen molar-refractivity contribution in [1.29, 1.82) is 0 Å². The lowest BCUT2D eigenvalue weighted by Gasteiger charge is -2.18. The van der Waals surface area contributed by atoms with Gasteiger partial charge < -0.3 is 10.1 Å². The molecule has 0 bridgehead atoms. The summed E-state index contributed by atoms with van der Waals surface area (Å²) in [5.41, 5.74) is 1.11. The van der Waals surface area contributed by atoms with Crippen LogP contribution >= 0.6 is 11.6 Å². The Morgan fingerprint density at radius 3 is 2.53 bits per heavy atom. The van der Waals surface area contributed by atoms with Crippen molar-refractivity contribution < 1.29 is 4.74 Å². The molecule has 1 N–H and O–H groups in total. The third kappa shape index (κ3) is 3.64. The predicted octanol–water partition coefficient (Wildman–Crippen LogP) is 3.81. The highest BCUT2D eigenvalue weighted by atomic mass is 35.5. The number of rotatable bonds is 7. The van der Waals surface area contributed by atoms with Crippen LogP contribution in [0, 0.1) is 18.8 Å². The Balaban J connectivity index is 1.42. The molecule has 2 aliphatic rings. The van der Waals surface area contributed by atoms with Gasteiger partial charge in [-0.05, 0) is 68.2 Å². The quantitative estimate of drug-likeness (QED) is 0.767. The van der Waals surface area contributed by atoms with Crippen LogP contribution < -0.4 is 10.1 Å². The van der Waals surface area contributed by atoms with E-state index in [0.717, 1.165) is 47.4 Å². The lowest BCUT2D eigenvalue weighted by Crippen LogP contribution is -2.36. The van der Waals surface area contributed by atoms with E-state index in [1.54, 1.807) is 0 Å². The maximum absolute atomic E-state index is 5.94. The SMILES string of the molecule is Cc1cc(Cl)ccc1OCCNC(C1CC1)C1CC1. The number of halogens is 1. The van der Waals surface area contributed by atoms with Crippen LogP contribution in [-0.2, 0) is 0 Å². The zero-order valence-electron chi connectivity index (χ0n) is 11.5. The first-order valence-corrected chi connectivity index (χ1v) is 7.74. The van der Waals surface area contributed by atoms with Gasteiger partial charge in [0.05, 0.1) is 0 Å². The molecule has 0 radical (unpaired) electrons. The molecule has 1 aromatic rings. The van der Waals surface area contributed by atoms with E-state index in [2.05, 4.69) is 5.32 Å². The molecule has 0 heterocycles. The molecule has 0 saturated heterocycles. The van der Waals surface area contributed by atoms with Gasteiger partial charge in [-0.15, -0.1) is 0 Å². The molecule has 2 fully saturated rings. The summed E-state index contributed by atoms with van der Waals surface area (Å²) in [5, 5.41) is 4.46. The molecule has 0 amide bonds. The van der Waals surface area contributed by atoms with Gasteiger partial charge in [0.2, 0.25) is 0 Å². The van der Waals surface area contributed by atoms with E-state index < -0.39 is 0 Å². The molecule has 104 valence electrons. The van der Waals surface area contributed by atoms with Gasteiger partial charge in [0.25, 0.3) is 0 Å². The van der Waals surface area contributed by atoms with Crippen LogP contribution in [-0.4, -0.2) is 19.2 Å². The van der Waals surface area contributed by atoms with Crippen LogP contribution in [0.25, 0.3) is 0 Å². The molecule has 2 nitrogen and oxygen atoms in total. The molecule has 19 heavy (non-hydrogen) atoms. The first-order valence-electron chi connectivity index (χ1n) is 7.36. The van der Waals surface area contributed by atoms with E-state index in [0.29, 0.717) is 0 Å². The third-order valence-electron chi connectivity index (χ3n) is 4.14. The average Bonchev–Trinajstić information content (AvgIpc) is 3.26. The van der Waals surface area contributed by atoms with E-state index in [4.69, 9.17) is 16.3 Å². The first-order chi connectivity index (χ1) is 9.24. The Hall–Kier alpha value is -0.730. The molecule has 2 aliphatic carbocycles. The normalized spacial score (nSPS) is 18.9. The fraction of sp³-hybridized carbons (Fsp3) is 0.625. The van der Waals surface area contributed by atoms with Crippen LogP contribution in [0.3, 0.4) is 0 Å². The molecular weight excluding hydrogens is 258 g/mol. The summed E-state index contributed by atoms with van der Waals surface area (Å²) in [5.74, 6) is 2.84. The van der Waals surface area contributed by atoms with Crippen molar-refractivity contribution in [3.05, 3.63) is 28.8 Å². The minimum absolute atomic E-state index is 0.735. The molecular formula is C16H22ClNO. The van der Waals surface area contributed by atoms with Crippen molar-refractivity contribution in [2.45, 2.75) is 38.6 Å². The van der Waals surface area contributed by atoms with Gasteiger partial charge in [-0.25, -0.2) is 0 Å². The van der Waals surface area contributed by atoms with Crippen molar-refractivity contribution in [2.75, 3.05) is 13.2 Å². The lowest BCUT2D eigenvalue weighted by atomic mass is 10.1. The van der Waals surface area contributed by atoms with Crippen molar-refractivity contribution in [3.8, 4) is 5.75 Å². The zero-order valence-corrected chi connectivity index (χ0v) is 12.2. The summed E-state index contributed by atoms with van der Waals surface area (Å²) in [6.07, 6.45) is 5.69. The van der Waals surface area contributed by atoms with Gasteiger partial charge in [-0.3, -0.25) is 0 Å². The highest BCUT2D eigenvalue weighted by Gasteiger charge is 2.40. The fourth-order valence-corrected chi connectivity index (χ4v) is 3.02. The molecule has 2 saturated carbocycles. The van der Waals surface area contributed by atoms with Crippen molar-refractivity contribution in [1.82, 2.24) is 5.32 Å². The fourth-order valence-electron chi connectivity index (χ4n) is 2.79. The van der Waals surface area contributed by atoms with Crippen LogP contribution in [0.2, 0.25) is 5.02 Å². The monoisotopic (exact) mass is 279 g/mol. The van der Waals surface area contributed by atoms with E-state index >= 15 is 0 Å². The minimum atomic E-state index is 0.735. The number of hydrogen-bond acceptors (Lipinski definition) is 2. The van der Waals surface area contributed by atoms with Crippen LogP contribution in [0.5, 0.6) is 5.75 Å². The van der Waals surface area contributed by atoms with Gasteiger partial charge in [0.15, 0.2) is 0 Å². The van der Waals surface area contributed by atoms with Crippen molar-refractivity contribution >= 4 is 11.6 Å². The predicted molar refractivity (Wildman–Crippen MR) is 78.9 cm³/mol. The molecule has 0 spiro atoms. The lowest BCUT2D eigenvalue weighted by molar-refractivity contribution is 0.292. The summed E-state index contributed by atoms with van der Waals surface area (Å²) in [6, 6.07) is 6.54. The summed E-state index contributed by atoms with van der Waals surface area (Å²) in [7, 11) is 0. The molecule has 0 aliphatic heterocycles. The van der Waals surface area contributed by atoms with Crippen molar-refractivity contribution in [2.24, 2.45) is 11.8 Å². The van der Waals surface area contributed by atoms with E-state index in [9.17, 15) is 0 Å². The van der Waals surface area contributed by atoms with E-state index in [-0.39, 0.29) is 0 Å². The van der Waals surface area contributed by atoms with Gasteiger partial charge in [-0.1, -0.05) is 11.6 Å². The average molecular weight is 280 g/mol. The second-order valence-corrected chi connectivity index (χ2v) is 6.35. The molecule has 1 aromatic carbocycles. The molecule has 0 aromatic heterocycles. The van der Waals surface area contributed by atoms with Crippen molar-refractivity contribution in [3.63, 3.8) is 0 Å². The number of ether oxygens (including phenoxy) is 1. The van der Waals surface area contributed by atoms with Gasteiger partial charge in [-0.2, -0.15) is 0 Å². The number of benzene rings is 1. The Labute approximate surface area is 120 Å². The number of hydrogen-bond donors (Lipinski definition) is 1. The maximum atomic E-state index is 5.94. The largest absolute Gasteiger partial charge is 0.492 e. The molecule has 3 rings (SSSR count). The highest BCUT2D eigenvalue weighted by molar-refractivity contribution is 6.30. The first kappa shape index (κ1) is 13.3. The molecule has 0 unspecified atom stereocenters. The summed E-state index contributed by atoms with van der Waals surface area (Å²) < 4.78 is 5.82. The van der Waals surface area contributed by atoms with E-state index in [1.807, 2.05) is 25.1 Å². The number of nitrogens with one attached hydrogen (secondary N) is 1. The third-order valence-corrected chi connectivity index (χ3v) is 4.37. The van der Waals surface area contributed by atoms with Gasteiger partial charge >= 0.3 is 0 Å². The number of aryl methyl sites for hydroxylation is 1. The molecule has 3 heteroatoms. The summed E-state index contributed by atoms with van der Waals surface area (Å²) in [6.45, 7) is 3.71. The van der Waals surface area contributed by atoms with Crippen LogP contribution in [0.1, 0.15) is 31.2 Å². The Bertz CT molecular complexity index is 428. The second kappa shape index (κ2) is 5.72. The smallest absolute Gasteiger partial charge is 0.122 e. The van der Waals surface area contributed by atoms with Gasteiger partial charge in [0, 0.05) is 17.6 Å². The Morgan fingerprint density at radius 1 is 1.26 bits per heavy atom. The minimum Gasteiger partial charge on any atom is -0.492 e. The topological polar surface area (TPSA) is 21.3 Å². The maximum Gasteiger partial charge on any atom is 0.122 e. The summed E-state index contributed by atoms with van der Waals surface area (Å²) in [4.78, 5) is 0. The van der Waals surface area contributed by atoms with Gasteiger partial charge in [0.1, 0.15) is 12.4 Å². The Kier molecular flexibility index (Phi) is 3.99.